The van der Waals surface area contributed by atoms with E-state index in [4.69, 9.17) is 10.5 Å². The fourth-order valence-electron chi connectivity index (χ4n) is 2.22. The van der Waals surface area contributed by atoms with Gasteiger partial charge in [0.2, 0.25) is 0 Å². The average Bonchev–Trinajstić information content (AvgIpc) is 2.37. The molecule has 0 aliphatic heterocycles. The van der Waals surface area contributed by atoms with E-state index in [0.29, 0.717) is 12.5 Å². The Morgan fingerprint density at radius 2 is 1.89 bits per heavy atom. The molecule has 0 radical (unpaired) electrons. The van der Waals surface area contributed by atoms with Crippen molar-refractivity contribution in [2.75, 3.05) is 33.4 Å². The Hall–Kier alpha value is -0.900. The average molecular weight is 250 g/mol. The topological polar surface area (TPSA) is 38.5 Å². The van der Waals surface area contributed by atoms with Crippen molar-refractivity contribution in [3.63, 3.8) is 0 Å². The van der Waals surface area contributed by atoms with Crippen molar-refractivity contribution in [1.29, 1.82) is 0 Å². The molecule has 0 aliphatic carbocycles. The molecule has 0 aromatic heterocycles. The monoisotopic (exact) mass is 250 g/mol. The fourth-order valence-corrected chi connectivity index (χ4v) is 2.22. The van der Waals surface area contributed by atoms with Gasteiger partial charge in [0.1, 0.15) is 0 Å². The van der Waals surface area contributed by atoms with Gasteiger partial charge in [0, 0.05) is 32.8 Å². The molecule has 102 valence electrons. The molecule has 0 saturated carbocycles. The van der Waals surface area contributed by atoms with E-state index in [1.165, 1.54) is 5.56 Å². The van der Waals surface area contributed by atoms with Crippen LogP contribution in [0.25, 0.3) is 0 Å². The molecule has 3 heteroatoms. The van der Waals surface area contributed by atoms with Crippen LogP contribution < -0.4 is 5.73 Å². The van der Waals surface area contributed by atoms with Crippen LogP contribution in [0.1, 0.15) is 25.5 Å². The number of nitrogens with two attached hydrogens (primary N) is 1. The van der Waals surface area contributed by atoms with Crippen LogP contribution in [0.3, 0.4) is 0 Å². The molecule has 3 nitrogen and oxygen atoms in total. The Balaban J connectivity index is 2.79. The van der Waals surface area contributed by atoms with Crippen molar-refractivity contribution in [3.8, 4) is 0 Å². The van der Waals surface area contributed by atoms with Gasteiger partial charge in [-0.25, -0.2) is 0 Å². The van der Waals surface area contributed by atoms with Gasteiger partial charge in [0.05, 0.1) is 6.61 Å². The highest BCUT2D eigenvalue weighted by Crippen LogP contribution is 2.20. The molecule has 0 aliphatic rings. The van der Waals surface area contributed by atoms with Crippen LogP contribution in [0.2, 0.25) is 0 Å². The van der Waals surface area contributed by atoms with Crippen molar-refractivity contribution in [2.45, 2.75) is 19.9 Å². The molecule has 0 fully saturated rings. The zero-order chi connectivity index (χ0) is 13.4. The van der Waals surface area contributed by atoms with Crippen LogP contribution in [0.15, 0.2) is 30.3 Å². The Morgan fingerprint density at radius 1 is 1.22 bits per heavy atom. The first-order valence-electron chi connectivity index (χ1n) is 6.67. The lowest BCUT2D eigenvalue weighted by atomic mass is 10.0. The second kappa shape index (κ2) is 8.25. The molecule has 1 atom stereocenters. The number of hydrogen-bond acceptors (Lipinski definition) is 3. The molecule has 0 spiro atoms. The first-order chi connectivity index (χ1) is 8.69. The molecule has 0 heterocycles. The van der Waals surface area contributed by atoms with Gasteiger partial charge in [-0.05, 0) is 11.5 Å². The van der Waals surface area contributed by atoms with Crippen LogP contribution in [-0.4, -0.2) is 38.3 Å². The van der Waals surface area contributed by atoms with Crippen molar-refractivity contribution in [3.05, 3.63) is 35.9 Å². The smallest absolute Gasteiger partial charge is 0.0589 e. The Kier molecular flexibility index (Phi) is 6.94. The summed E-state index contributed by atoms with van der Waals surface area (Å²) >= 11 is 0. The zero-order valence-electron chi connectivity index (χ0n) is 11.8. The number of benzene rings is 1. The fraction of sp³-hybridized carbons (Fsp3) is 0.600. The highest BCUT2D eigenvalue weighted by molar-refractivity contribution is 5.19. The van der Waals surface area contributed by atoms with Gasteiger partial charge < -0.3 is 10.5 Å². The van der Waals surface area contributed by atoms with Crippen molar-refractivity contribution < 1.29 is 4.74 Å². The molecular weight excluding hydrogens is 224 g/mol. The SMILES string of the molecule is COCCN(CC(C)C)C(CN)c1ccccc1. The van der Waals surface area contributed by atoms with Crippen LogP contribution in [-0.2, 0) is 4.74 Å². The van der Waals surface area contributed by atoms with Gasteiger partial charge in [-0.3, -0.25) is 4.90 Å². The Labute approximate surface area is 111 Å². The number of hydrogen-bond donors (Lipinski definition) is 1. The van der Waals surface area contributed by atoms with E-state index in [-0.39, 0.29) is 6.04 Å². The predicted molar refractivity (Wildman–Crippen MR) is 76.5 cm³/mol. The molecule has 2 N–H and O–H groups in total. The lowest BCUT2D eigenvalue weighted by Crippen LogP contribution is -2.38. The minimum absolute atomic E-state index is 0.281. The number of ether oxygens (including phenoxy) is 1. The van der Waals surface area contributed by atoms with Gasteiger partial charge >= 0.3 is 0 Å². The summed E-state index contributed by atoms with van der Waals surface area (Å²) in [6.07, 6.45) is 0. The molecule has 1 rings (SSSR count). The van der Waals surface area contributed by atoms with Crippen LogP contribution in [0.4, 0.5) is 0 Å². The van der Waals surface area contributed by atoms with Crippen molar-refractivity contribution in [2.24, 2.45) is 11.7 Å². The van der Waals surface area contributed by atoms with Crippen LogP contribution >= 0.6 is 0 Å². The minimum Gasteiger partial charge on any atom is -0.383 e. The molecular formula is C15H26N2O. The maximum atomic E-state index is 5.97. The molecule has 1 aromatic rings. The van der Waals surface area contributed by atoms with Gasteiger partial charge in [-0.15, -0.1) is 0 Å². The number of nitrogens with zero attached hydrogens (tertiary/aromatic N) is 1. The van der Waals surface area contributed by atoms with E-state index >= 15 is 0 Å². The van der Waals surface area contributed by atoms with Crippen LogP contribution in [0.5, 0.6) is 0 Å². The lowest BCUT2D eigenvalue weighted by molar-refractivity contribution is 0.112. The zero-order valence-corrected chi connectivity index (χ0v) is 11.8. The normalized spacial score (nSPS) is 13.2. The molecule has 1 aromatic carbocycles. The highest BCUT2D eigenvalue weighted by atomic mass is 16.5. The summed E-state index contributed by atoms with van der Waals surface area (Å²) in [7, 11) is 1.74. The quantitative estimate of drug-likeness (QED) is 0.769. The Bertz CT molecular complexity index is 314. The van der Waals surface area contributed by atoms with Gasteiger partial charge in [0.25, 0.3) is 0 Å². The van der Waals surface area contributed by atoms with E-state index in [1.54, 1.807) is 7.11 Å². The van der Waals surface area contributed by atoms with E-state index < -0.39 is 0 Å². The summed E-state index contributed by atoms with van der Waals surface area (Å²) in [5.74, 6) is 0.625. The second-order valence-electron chi connectivity index (χ2n) is 5.04. The molecule has 1 unspecified atom stereocenters. The third kappa shape index (κ3) is 4.77. The van der Waals surface area contributed by atoms with Crippen LogP contribution in [0, 0.1) is 5.92 Å². The number of rotatable bonds is 8. The third-order valence-corrected chi connectivity index (χ3v) is 3.03. The third-order valence-electron chi connectivity index (χ3n) is 3.03. The number of methoxy groups -OCH3 is 1. The summed E-state index contributed by atoms with van der Waals surface area (Å²) < 4.78 is 5.20. The lowest BCUT2D eigenvalue weighted by Gasteiger charge is -2.32. The molecule has 0 bridgehead atoms. The first kappa shape index (κ1) is 15.2. The second-order valence-corrected chi connectivity index (χ2v) is 5.04. The minimum atomic E-state index is 0.281. The standard InChI is InChI=1S/C15H26N2O/c1-13(2)12-17(9-10-18-3)15(11-16)14-7-5-4-6-8-14/h4-8,13,15H,9-12,16H2,1-3H3. The maximum absolute atomic E-state index is 5.97. The Morgan fingerprint density at radius 3 is 2.39 bits per heavy atom. The molecule has 0 saturated heterocycles. The van der Waals surface area contributed by atoms with Gasteiger partial charge in [-0.1, -0.05) is 44.2 Å². The van der Waals surface area contributed by atoms with E-state index in [0.717, 1.165) is 19.7 Å². The van der Waals surface area contributed by atoms with Gasteiger partial charge in [-0.2, -0.15) is 0 Å². The highest BCUT2D eigenvalue weighted by Gasteiger charge is 2.19. The summed E-state index contributed by atoms with van der Waals surface area (Å²) in [4.78, 5) is 2.42. The summed E-state index contributed by atoms with van der Waals surface area (Å²) in [6.45, 7) is 7.82. The summed E-state index contributed by atoms with van der Waals surface area (Å²) in [6, 6.07) is 10.8. The first-order valence-corrected chi connectivity index (χ1v) is 6.67. The molecule has 0 amide bonds. The van der Waals surface area contributed by atoms with E-state index in [2.05, 4.69) is 43.0 Å². The van der Waals surface area contributed by atoms with Crippen molar-refractivity contribution in [1.82, 2.24) is 4.90 Å². The van der Waals surface area contributed by atoms with Crippen molar-refractivity contribution >= 4 is 0 Å². The summed E-state index contributed by atoms with van der Waals surface area (Å²) in [5, 5.41) is 0. The van der Waals surface area contributed by atoms with E-state index in [1.807, 2.05) is 6.07 Å². The summed E-state index contributed by atoms with van der Waals surface area (Å²) in [5.41, 5.74) is 7.26. The van der Waals surface area contributed by atoms with Gasteiger partial charge in [0.15, 0.2) is 0 Å². The maximum Gasteiger partial charge on any atom is 0.0589 e. The molecule has 18 heavy (non-hydrogen) atoms. The predicted octanol–water partition coefficient (Wildman–Crippen LogP) is 2.29. The largest absolute Gasteiger partial charge is 0.383 e. The van der Waals surface area contributed by atoms with E-state index in [9.17, 15) is 0 Å².